The third-order valence-electron chi connectivity index (χ3n) is 4.09. The summed E-state index contributed by atoms with van der Waals surface area (Å²) in [4.78, 5) is 15.6. The van der Waals surface area contributed by atoms with Crippen molar-refractivity contribution < 1.29 is 9.90 Å². The van der Waals surface area contributed by atoms with Gasteiger partial charge in [0.05, 0.1) is 11.3 Å². The maximum atomic E-state index is 11.0. The molecule has 0 bridgehead atoms. The monoisotopic (exact) mass is 278 g/mol. The Morgan fingerprint density at radius 2 is 1.95 bits per heavy atom. The molecule has 0 saturated heterocycles. The molecule has 0 fully saturated rings. The van der Waals surface area contributed by atoms with Crippen LogP contribution in [-0.2, 0) is 12.8 Å². The fourth-order valence-corrected chi connectivity index (χ4v) is 2.99. The molecule has 2 heterocycles. The molecule has 1 aliphatic rings. The first-order valence-electron chi connectivity index (χ1n) is 7.05. The summed E-state index contributed by atoms with van der Waals surface area (Å²) in [6.45, 7) is 0. The lowest BCUT2D eigenvalue weighted by Gasteiger charge is -2.01. The number of pyridine rings is 1. The minimum atomic E-state index is -0.926. The third kappa shape index (κ3) is 2.00. The van der Waals surface area contributed by atoms with Crippen LogP contribution in [0.25, 0.3) is 16.9 Å². The predicted octanol–water partition coefficient (Wildman–Crippen LogP) is 3.19. The van der Waals surface area contributed by atoms with E-state index in [2.05, 4.69) is 23.2 Å². The van der Waals surface area contributed by atoms with Crippen molar-refractivity contribution in [2.24, 2.45) is 0 Å². The summed E-state index contributed by atoms with van der Waals surface area (Å²) in [7, 11) is 0. The van der Waals surface area contributed by atoms with Crippen LogP contribution in [0.4, 0.5) is 0 Å². The van der Waals surface area contributed by atoms with Crippen molar-refractivity contribution >= 4 is 11.6 Å². The molecular formula is C17H14N2O2. The topological polar surface area (TPSA) is 54.6 Å². The lowest BCUT2D eigenvalue weighted by atomic mass is 10.1. The molecule has 0 unspecified atom stereocenters. The maximum absolute atomic E-state index is 11.0. The molecule has 0 radical (unpaired) electrons. The van der Waals surface area contributed by atoms with Crippen LogP contribution in [0, 0.1) is 0 Å². The zero-order chi connectivity index (χ0) is 14.4. The number of hydrogen-bond acceptors (Lipinski definition) is 2. The van der Waals surface area contributed by atoms with Crippen molar-refractivity contribution in [2.75, 3.05) is 0 Å². The van der Waals surface area contributed by atoms with Crippen LogP contribution in [-0.4, -0.2) is 20.5 Å². The van der Waals surface area contributed by atoms with Crippen LogP contribution in [0.5, 0.6) is 0 Å². The number of aromatic nitrogens is 2. The van der Waals surface area contributed by atoms with E-state index >= 15 is 0 Å². The number of hydrogen-bond donors (Lipinski definition) is 1. The molecule has 21 heavy (non-hydrogen) atoms. The van der Waals surface area contributed by atoms with E-state index in [0.717, 1.165) is 23.3 Å². The molecule has 4 heteroatoms. The van der Waals surface area contributed by atoms with Crippen LogP contribution in [0.3, 0.4) is 0 Å². The number of imidazole rings is 1. The minimum Gasteiger partial charge on any atom is -0.478 e. The lowest BCUT2D eigenvalue weighted by Crippen LogP contribution is -1.97. The van der Waals surface area contributed by atoms with Gasteiger partial charge < -0.3 is 9.51 Å². The second kappa shape index (κ2) is 4.45. The van der Waals surface area contributed by atoms with E-state index in [-0.39, 0.29) is 5.56 Å². The van der Waals surface area contributed by atoms with E-state index in [1.54, 1.807) is 22.7 Å². The fourth-order valence-electron chi connectivity index (χ4n) is 2.99. The van der Waals surface area contributed by atoms with Gasteiger partial charge in [-0.15, -0.1) is 0 Å². The van der Waals surface area contributed by atoms with Crippen molar-refractivity contribution in [3.8, 4) is 11.3 Å². The molecule has 0 aliphatic heterocycles. The summed E-state index contributed by atoms with van der Waals surface area (Å²) >= 11 is 0. The van der Waals surface area contributed by atoms with E-state index in [1.807, 2.05) is 6.20 Å². The van der Waals surface area contributed by atoms with Crippen LogP contribution >= 0.6 is 0 Å². The summed E-state index contributed by atoms with van der Waals surface area (Å²) in [6.07, 6.45) is 7.02. The van der Waals surface area contributed by atoms with Gasteiger partial charge in [-0.2, -0.15) is 0 Å². The second-order valence-corrected chi connectivity index (χ2v) is 5.45. The van der Waals surface area contributed by atoms with Crippen molar-refractivity contribution in [3.63, 3.8) is 0 Å². The van der Waals surface area contributed by atoms with E-state index < -0.39 is 5.97 Å². The normalized spacial score (nSPS) is 13.5. The number of aromatic carboxylic acids is 1. The standard InChI is InChI=1S/C17H14N2O2/c20-17(21)14-6-7-16-18-15(10-19(16)9-14)13-5-4-11-2-1-3-12(11)8-13/h4-10H,1-3H2,(H,20,21). The Balaban J connectivity index is 1.81. The Labute approximate surface area is 121 Å². The number of carboxylic acids is 1. The predicted molar refractivity (Wildman–Crippen MR) is 79.6 cm³/mol. The van der Waals surface area contributed by atoms with Crippen molar-refractivity contribution in [1.82, 2.24) is 9.38 Å². The Morgan fingerprint density at radius 3 is 2.81 bits per heavy atom. The Morgan fingerprint density at radius 1 is 1.10 bits per heavy atom. The van der Waals surface area contributed by atoms with Crippen molar-refractivity contribution in [1.29, 1.82) is 0 Å². The van der Waals surface area contributed by atoms with E-state index in [4.69, 9.17) is 5.11 Å². The van der Waals surface area contributed by atoms with Crippen molar-refractivity contribution in [3.05, 3.63) is 59.4 Å². The molecule has 0 atom stereocenters. The maximum Gasteiger partial charge on any atom is 0.337 e. The SMILES string of the molecule is O=C(O)c1ccc2nc(-c3ccc4c(c3)CCC4)cn2c1. The van der Waals surface area contributed by atoms with Gasteiger partial charge in [0.25, 0.3) is 0 Å². The number of aryl methyl sites for hydroxylation is 2. The molecule has 0 amide bonds. The second-order valence-electron chi connectivity index (χ2n) is 5.45. The molecule has 4 rings (SSSR count). The van der Waals surface area contributed by atoms with Crippen molar-refractivity contribution in [2.45, 2.75) is 19.3 Å². The third-order valence-corrected chi connectivity index (χ3v) is 4.09. The van der Waals surface area contributed by atoms with Gasteiger partial charge in [0.15, 0.2) is 0 Å². The van der Waals surface area contributed by atoms with Gasteiger partial charge >= 0.3 is 5.97 Å². The quantitative estimate of drug-likeness (QED) is 0.783. The Hall–Kier alpha value is -2.62. The van der Waals surface area contributed by atoms with Gasteiger partial charge in [-0.3, -0.25) is 0 Å². The summed E-state index contributed by atoms with van der Waals surface area (Å²) < 4.78 is 1.77. The lowest BCUT2D eigenvalue weighted by molar-refractivity contribution is 0.0696. The average Bonchev–Trinajstić information content (AvgIpc) is 3.11. The van der Waals surface area contributed by atoms with Crippen LogP contribution in [0.15, 0.2) is 42.7 Å². The molecule has 3 aromatic rings. The number of rotatable bonds is 2. The number of carbonyl (C=O) groups is 1. The molecule has 4 nitrogen and oxygen atoms in total. The Kier molecular flexibility index (Phi) is 2.57. The smallest absolute Gasteiger partial charge is 0.337 e. The molecule has 0 saturated carbocycles. The first-order valence-corrected chi connectivity index (χ1v) is 7.05. The highest BCUT2D eigenvalue weighted by atomic mass is 16.4. The molecule has 2 aromatic heterocycles. The van der Waals surface area contributed by atoms with Gasteiger partial charge in [0.1, 0.15) is 5.65 Å². The highest BCUT2D eigenvalue weighted by Gasteiger charge is 2.13. The molecule has 1 aliphatic carbocycles. The molecule has 1 N–H and O–H groups in total. The zero-order valence-corrected chi connectivity index (χ0v) is 11.4. The van der Waals surface area contributed by atoms with Gasteiger partial charge in [-0.25, -0.2) is 9.78 Å². The number of carboxylic acid groups (broad SMARTS) is 1. The van der Waals surface area contributed by atoms with Gasteiger partial charge in [0.2, 0.25) is 0 Å². The average molecular weight is 278 g/mol. The van der Waals surface area contributed by atoms with Gasteiger partial charge in [-0.1, -0.05) is 12.1 Å². The highest BCUT2D eigenvalue weighted by Crippen LogP contribution is 2.27. The fraction of sp³-hybridized carbons (Fsp3) is 0.176. The van der Waals surface area contributed by atoms with Gasteiger partial charge in [-0.05, 0) is 48.6 Å². The molecule has 1 aromatic carbocycles. The van der Waals surface area contributed by atoms with E-state index in [0.29, 0.717) is 0 Å². The first-order chi connectivity index (χ1) is 10.2. The van der Waals surface area contributed by atoms with Crippen LogP contribution in [0.1, 0.15) is 27.9 Å². The molecule has 0 spiro atoms. The summed E-state index contributed by atoms with van der Waals surface area (Å²) in [5.41, 5.74) is 5.85. The van der Waals surface area contributed by atoms with Crippen LogP contribution in [0.2, 0.25) is 0 Å². The summed E-state index contributed by atoms with van der Waals surface area (Å²) in [6, 6.07) is 9.81. The summed E-state index contributed by atoms with van der Waals surface area (Å²) in [5, 5.41) is 9.04. The van der Waals surface area contributed by atoms with E-state index in [9.17, 15) is 4.79 Å². The highest BCUT2D eigenvalue weighted by molar-refractivity contribution is 5.87. The number of nitrogens with zero attached hydrogens (tertiary/aromatic N) is 2. The van der Waals surface area contributed by atoms with Crippen LogP contribution < -0.4 is 0 Å². The minimum absolute atomic E-state index is 0.264. The van der Waals surface area contributed by atoms with E-state index in [1.165, 1.54) is 24.0 Å². The molecular weight excluding hydrogens is 264 g/mol. The zero-order valence-electron chi connectivity index (χ0n) is 11.4. The summed E-state index contributed by atoms with van der Waals surface area (Å²) in [5.74, 6) is -0.926. The number of fused-ring (bicyclic) bond motifs is 2. The first kappa shape index (κ1) is 12.1. The number of benzene rings is 1. The largest absolute Gasteiger partial charge is 0.478 e. The molecule has 104 valence electrons. The van der Waals surface area contributed by atoms with Gasteiger partial charge in [0, 0.05) is 18.0 Å². The Bertz CT molecular complexity index is 864.